The zero-order valence-electron chi connectivity index (χ0n) is 11.0. The van der Waals surface area contributed by atoms with Crippen molar-refractivity contribution in [3.8, 4) is 0 Å². The molecule has 85 valence electrons. The molecule has 0 saturated heterocycles. The van der Waals surface area contributed by atoms with Crippen molar-refractivity contribution >= 4 is 9.04 Å². The van der Waals surface area contributed by atoms with E-state index in [4.69, 9.17) is 4.43 Å². The monoisotopic (exact) mass is 215 g/mol. The molecule has 0 N–H and O–H groups in total. The molecule has 0 saturated carbocycles. The highest BCUT2D eigenvalue weighted by Gasteiger charge is 2.26. The lowest BCUT2D eigenvalue weighted by Crippen LogP contribution is -2.26. The van der Waals surface area contributed by atoms with Crippen LogP contribution in [0.25, 0.3) is 0 Å². The first-order valence-corrected chi connectivity index (χ1v) is 8.48. The van der Waals surface area contributed by atoms with E-state index in [0.717, 1.165) is 12.5 Å². The van der Waals surface area contributed by atoms with Gasteiger partial charge in [-0.15, -0.1) is 0 Å². The molecule has 2 heteroatoms. The second kappa shape index (κ2) is 5.91. The van der Waals surface area contributed by atoms with Crippen LogP contribution in [0.5, 0.6) is 0 Å². The molecule has 0 aliphatic rings. The van der Waals surface area contributed by atoms with Crippen molar-refractivity contribution in [3.05, 3.63) is 5.92 Å². The molecule has 0 aliphatic carbocycles. The Bertz CT molecular complexity index is 147. The Kier molecular flexibility index (Phi) is 5.99. The summed E-state index contributed by atoms with van der Waals surface area (Å²) in [6, 6.07) is 0. The number of hydrogen-bond donors (Lipinski definition) is 0. The third kappa shape index (κ3) is 6.60. The van der Waals surface area contributed by atoms with Crippen LogP contribution >= 0.6 is 0 Å². The highest BCUT2D eigenvalue weighted by molar-refractivity contribution is 6.48. The highest BCUT2D eigenvalue weighted by Crippen LogP contribution is 2.33. The molecular weight excluding hydrogens is 188 g/mol. The summed E-state index contributed by atoms with van der Waals surface area (Å²) in [7, 11) is -0.865. The summed E-state index contributed by atoms with van der Waals surface area (Å²) in [6.07, 6.45) is 1.20. The molecule has 0 aliphatic heterocycles. The Morgan fingerprint density at radius 2 is 1.71 bits per heavy atom. The first kappa shape index (κ1) is 14.2. The maximum atomic E-state index is 5.83. The largest absolute Gasteiger partial charge is 0.420 e. The van der Waals surface area contributed by atoms with Gasteiger partial charge in [0.05, 0.1) is 0 Å². The van der Waals surface area contributed by atoms with E-state index in [1.54, 1.807) is 5.92 Å². The summed E-state index contributed by atoms with van der Waals surface area (Å²) in [5, 5.41) is 0. The molecule has 0 heterocycles. The maximum absolute atomic E-state index is 5.83. The fraction of sp³-hybridized carbons (Fsp3) is 0.917. The Morgan fingerprint density at radius 3 is 2.00 bits per heavy atom. The predicted octanol–water partition coefficient (Wildman–Crippen LogP) is 3.65. The van der Waals surface area contributed by atoms with E-state index in [2.05, 4.69) is 47.7 Å². The van der Waals surface area contributed by atoms with Crippen molar-refractivity contribution in [1.29, 1.82) is 0 Å². The highest BCUT2D eigenvalue weighted by atomic mass is 28.3. The van der Waals surface area contributed by atoms with Gasteiger partial charge in [0.25, 0.3) is 0 Å². The van der Waals surface area contributed by atoms with Gasteiger partial charge in [-0.25, -0.2) is 0 Å². The summed E-state index contributed by atoms with van der Waals surface area (Å²) in [4.78, 5) is 0. The minimum Gasteiger partial charge on any atom is -0.420 e. The lowest BCUT2D eigenvalue weighted by Gasteiger charge is -2.32. The molecular formula is C12H27OSi. The zero-order valence-corrected chi connectivity index (χ0v) is 12.1. The molecule has 0 unspecified atom stereocenters. The van der Waals surface area contributed by atoms with Crippen molar-refractivity contribution in [3.63, 3.8) is 0 Å². The van der Waals surface area contributed by atoms with Gasteiger partial charge in [-0.05, 0) is 30.8 Å². The molecule has 0 atom stereocenters. The van der Waals surface area contributed by atoms with E-state index >= 15 is 0 Å². The molecule has 0 aromatic carbocycles. The lowest BCUT2D eigenvalue weighted by atomic mass is 9.77. The molecule has 14 heavy (non-hydrogen) atoms. The van der Waals surface area contributed by atoms with Crippen LogP contribution in [0.4, 0.5) is 0 Å². The minimum absolute atomic E-state index is 0.299. The zero-order chi connectivity index (χ0) is 11.4. The second-order valence-corrected chi connectivity index (χ2v) is 8.24. The first-order chi connectivity index (χ1) is 6.23. The predicted molar refractivity (Wildman–Crippen MR) is 67.0 cm³/mol. The normalized spacial score (nSPS) is 13.3. The molecule has 0 fully saturated rings. The Hall–Kier alpha value is 0.177. The van der Waals surface area contributed by atoms with Gasteiger partial charge < -0.3 is 4.43 Å². The van der Waals surface area contributed by atoms with Gasteiger partial charge >= 0.3 is 0 Å². The molecule has 0 bridgehead atoms. The van der Waals surface area contributed by atoms with Crippen LogP contribution < -0.4 is 0 Å². The van der Waals surface area contributed by atoms with Gasteiger partial charge in [-0.2, -0.15) is 0 Å². The molecule has 1 nitrogen and oxygen atoms in total. The lowest BCUT2D eigenvalue weighted by molar-refractivity contribution is 0.254. The van der Waals surface area contributed by atoms with Crippen LogP contribution in [-0.2, 0) is 4.43 Å². The third-order valence-corrected chi connectivity index (χ3v) is 3.14. The first-order valence-electron chi connectivity index (χ1n) is 5.70. The van der Waals surface area contributed by atoms with Crippen LogP contribution in [0, 0.1) is 17.3 Å². The van der Waals surface area contributed by atoms with E-state index in [1.165, 1.54) is 6.42 Å². The molecule has 0 aromatic heterocycles. The summed E-state index contributed by atoms with van der Waals surface area (Å²) in [5.41, 5.74) is 0.299. The Balaban J connectivity index is 4.12. The number of rotatable bonds is 5. The topological polar surface area (TPSA) is 9.23 Å². The minimum atomic E-state index is -0.865. The van der Waals surface area contributed by atoms with Crippen LogP contribution in [0.2, 0.25) is 13.1 Å². The van der Waals surface area contributed by atoms with Gasteiger partial charge in [0.15, 0.2) is 9.04 Å². The van der Waals surface area contributed by atoms with Crippen LogP contribution in [0.1, 0.15) is 41.0 Å². The smallest absolute Gasteiger partial charge is 0.170 e. The van der Waals surface area contributed by atoms with Crippen molar-refractivity contribution in [2.75, 3.05) is 6.61 Å². The van der Waals surface area contributed by atoms with Crippen molar-refractivity contribution in [2.24, 2.45) is 11.3 Å². The van der Waals surface area contributed by atoms with E-state index in [0.29, 0.717) is 5.41 Å². The quantitative estimate of drug-likeness (QED) is 0.636. The van der Waals surface area contributed by atoms with E-state index < -0.39 is 9.04 Å². The standard InChI is InChI=1S/C12H27OSi/c1-10(2)8-11(12(3,4)5)9-13-14(6)7/h10,14H,8-9H2,1-7H3. The fourth-order valence-electron chi connectivity index (χ4n) is 1.34. The van der Waals surface area contributed by atoms with Gasteiger partial charge in [-0.3, -0.25) is 0 Å². The van der Waals surface area contributed by atoms with Crippen LogP contribution in [0.15, 0.2) is 0 Å². The van der Waals surface area contributed by atoms with Crippen LogP contribution in [0.3, 0.4) is 0 Å². The summed E-state index contributed by atoms with van der Waals surface area (Å²) < 4.78 is 5.83. The average Bonchev–Trinajstić information content (AvgIpc) is 1.94. The molecule has 0 amide bonds. The van der Waals surface area contributed by atoms with Crippen molar-refractivity contribution in [2.45, 2.75) is 54.1 Å². The Labute approximate surface area is 92.0 Å². The fourth-order valence-corrected chi connectivity index (χ4v) is 1.88. The molecule has 0 spiro atoms. The molecule has 0 rings (SSSR count). The summed E-state index contributed by atoms with van der Waals surface area (Å²) >= 11 is 0. The van der Waals surface area contributed by atoms with E-state index in [9.17, 15) is 0 Å². The van der Waals surface area contributed by atoms with E-state index in [-0.39, 0.29) is 0 Å². The van der Waals surface area contributed by atoms with Gasteiger partial charge in [-0.1, -0.05) is 34.6 Å². The number of hydrogen-bond acceptors (Lipinski definition) is 1. The van der Waals surface area contributed by atoms with Gasteiger partial charge in [0, 0.05) is 12.5 Å². The summed E-state index contributed by atoms with van der Waals surface area (Å²) in [6.45, 7) is 16.8. The summed E-state index contributed by atoms with van der Waals surface area (Å²) in [5.74, 6) is 2.30. The third-order valence-electron chi connectivity index (χ3n) is 2.31. The van der Waals surface area contributed by atoms with E-state index in [1.807, 2.05) is 0 Å². The molecule has 1 radical (unpaired) electrons. The average molecular weight is 215 g/mol. The Morgan fingerprint density at radius 1 is 1.21 bits per heavy atom. The molecule has 0 aromatic rings. The maximum Gasteiger partial charge on any atom is 0.170 e. The van der Waals surface area contributed by atoms with Crippen molar-refractivity contribution < 1.29 is 4.43 Å². The van der Waals surface area contributed by atoms with Gasteiger partial charge in [0.2, 0.25) is 0 Å². The van der Waals surface area contributed by atoms with Crippen molar-refractivity contribution in [1.82, 2.24) is 0 Å². The second-order valence-electron chi connectivity index (χ2n) is 5.81. The SMILES string of the molecule is CC(C)C[C](CO[SiH](C)C)C(C)(C)C. The van der Waals surface area contributed by atoms with Gasteiger partial charge in [0.1, 0.15) is 0 Å². The van der Waals surface area contributed by atoms with Crippen LogP contribution in [-0.4, -0.2) is 15.6 Å².